The Kier molecular flexibility index (Phi) is 4.56. The molecule has 4 rings (SSSR count). The number of para-hydroxylation sites is 1. The summed E-state index contributed by atoms with van der Waals surface area (Å²) in [6.07, 6.45) is -5.53. The van der Waals surface area contributed by atoms with Crippen LogP contribution in [0.4, 0.5) is 27.6 Å². The second-order valence-electron chi connectivity index (χ2n) is 6.28. The first-order valence-electron chi connectivity index (χ1n) is 8.27. The van der Waals surface area contributed by atoms with Gasteiger partial charge in [-0.3, -0.25) is 4.79 Å². The third-order valence-corrected chi connectivity index (χ3v) is 5.45. The molecule has 0 saturated heterocycles. The van der Waals surface area contributed by atoms with Crippen molar-refractivity contribution in [2.75, 3.05) is 5.32 Å². The normalized spacial score (nSPS) is 16.5. The number of ether oxygens (including phenoxy) is 1. The molecular formula is C18H12F5N3O2S. The van der Waals surface area contributed by atoms with Crippen molar-refractivity contribution in [3.8, 4) is 5.75 Å². The molecule has 152 valence electrons. The standard InChI is InChI=1S/C18H12F5N3O2S/c1-7-6-10(18(21,22)23)24-16-11(7)12-13(29-16)15(27)26-14(25-12)8-4-2-3-5-9(8)28-17(19)20/h2-6,14,17,25H,1H3,(H,26,27). The largest absolute Gasteiger partial charge is 0.434 e. The number of carbonyl (C=O) groups is 1. The van der Waals surface area contributed by atoms with Crippen LogP contribution in [0.5, 0.6) is 5.75 Å². The molecule has 0 spiro atoms. The fourth-order valence-electron chi connectivity index (χ4n) is 3.18. The lowest BCUT2D eigenvalue weighted by Crippen LogP contribution is -2.37. The molecule has 0 aliphatic carbocycles. The van der Waals surface area contributed by atoms with Gasteiger partial charge in [0.2, 0.25) is 0 Å². The van der Waals surface area contributed by atoms with Crippen LogP contribution in [0.3, 0.4) is 0 Å². The Bertz CT molecular complexity index is 1110. The van der Waals surface area contributed by atoms with E-state index < -0.39 is 30.6 Å². The van der Waals surface area contributed by atoms with Crippen molar-refractivity contribution >= 4 is 33.1 Å². The van der Waals surface area contributed by atoms with Gasteiger partial charge in [-0.1, -0.05) is 18.2 Å². The maximum Gasteiger partial charge on any atom is 0.433 e. The Hall–Kier alpha value is -2.95. The third kappa shape index (κ3) is 3.46. The predicted octanol–water partition coefficient (Wildman–Crippen LogP) is 5.08. The number of pyridine rings is 1. The number of amides is 1. The summed E-state index contributed by atoms with van der Waals surface area (Å²) in [6, 6.07) is 6.84. The van der Waals surface area contributed by atoms with Crippen molar-refractivity contribution in [3.05, 3.63) is 52.0 Å². The van der Waals surface area contributed by atoms with Crippen LogP contribution in [0.1, 0.15) is 32.7 Å². The third-order valence-electron chi connectivity index (χ3n) is 4.37. The zero-order valence-electron chi connectivity index (χ0n) is 14.6. The molecule has 11 heteroatoms. The molecular weight excluding hydrogens is 417 g/mol. The number of halogens is 5. The van der Waals surface area contributed by atoms with Crippen LogP contribution in [-0.4, -0.2) is 17.5 Å². The van der Waals surface area contributed by atoms with E-state index in [9.17, 15) is 26.7 Å². The summed E-state index contributed by atoms with van der Waals surface area (Å²) in [6.45, 7) is -1.57. The molecule has 5 nitrogen and oxygen atoms in total. The van der Waals surface area contributed by atoms with Crippen molar-refractivity contribution in [1.82, 2.24) is 10.3 Å². The van der Waals surface area contributed by atoms with Gasteiger partial charge in [0.15, 0.2) is 0 Å². The highest BCUT2D eigenvalue weighted by Crippen LogP contribution is 2.43. The van der Waals surface area contributed by atoms with Crippen molar-refractivity contribution in [2.24, 2.45) is 0 Å². The average molecular weight is 429 g/mol. The minimum atomic E-state index is -4.62. The van der Waals surface area contributed by atoms with Gasteiger partial charge in [-0.2, -0.15) is 22.0 Å². The number of nitrogens with zero attached hydrogens (tertiary/aromatic N) is 1. The molecule has 2 N–H and O–H groups in total. The number of hydrogen-bond donors (Lipinski definition) is 2. The van der Waals surface area contributed by atoms with Gasteiger partial charge < -0.3 is 15.4 Å². The molecule has 3 heterocycles. The van der Waals surface area contributed by atoms with Gasteiger partial charge in [-0.25, -0.2) is 4.98 Å². The smallest absolute Gasteiger partial charge is 0.433 e. The summed E-state index contributed by atoms with van der Waals surface area (Å²) in [4.78, 5) is 16.5. The summed E-state index contributed by atoms with van der Waals surface area (Å²) in [7, 11) is 0. The van der Waals surface area contributed by atoms with E-state index >= 15 is 0 Å². The maximum absolute atomic E-state index is 13.1. The summed E-state index contributed by atoms with van der Waals surface area (Å²) < 4.78 is 69.1. The van der Waals surface area contributed by atoms with Crippen LogP contribution in [0.25, 0.3) is 10.2 Å². The summed E-state index contributed by atoms with van der Waals surface area (Å²) in [5.74, 6) is -0.677. The predicted molar refractivity (Wildman–Crippen MR) is 96.3 cm³/mol. The quantitative estimate of drug-likeness (QED) is 0.570. The van der Waals surface area contributed by atoms with Gasteiger partial charge in [-0.05, 0) is 24.6 Å². The minimum absolute atomic E-state index is 0.0581. The number of rotatable bonds is 3. The van der Waals surface area contributed by atoms with Crippen LogP contribution in [-0.2, 0) is 6.18 Å². The summed E-state index contributed by atoms with van der Waals surface area (Å²) in [5.41, 5.74) is -0.195. The molecule has 29 heavy (non-hydrogen) atoms. The number of anilines is 1. The Morgan fingerprint density at radius 1 is 1.21 bits per heavy atom. The fourth-order valence-corrected chi connectivity index (χ4v) is 4.30. The van der Waals surface area contributed by atoms with E-state index in [1.165, 1.54) is 25.1 Å². The highest BCUT2D eigenvalue weighted by Gasteiger charge is 2.36. The van der Waals surface area contributed by atoms with Gasteiger partial charge in [0, 0.05) is 10.9 Å². The van der Waals surface area contributed by atoms with E-state index in [1.807, 2.05) is 0 Å². The number of benzene rings is 1. The van der Waals surface area contributed by atoms with E-state index in [4.69, 9.17) is 0 Å². The van der Waals surface area contributed by atoms with Crippen LogP contribution in [0.15, 0.2) is 30.3 Å². The van der Waals surface area contributed by atoms with Crippen molar-refractivity contribution in [2.45, 2.75) is 25.9 Å². The number of aryl methyl sites for hydroxylation is 1. The van der Waals surface area contributed by atoms with E-state index in [2.05, 4.69) is 20.4 Å². The lowest BCUT2D eigenvalue weighted by atomic mass is 10.1. The first kappa shape index (κ1) is 19.4. The fraction of sp³-hybridized carbons (Fsp3) is 0.222. The maximum atomic E-state index is 13.1. The van der Waals surface area contributed by atoms with E-state index in [-0.39, 0.29) is 26.6 Å². The van der Waals surface area contributed by atoms with Crippen molar-refractivity contribution < 1.29 is 31.5 Å². The van der Waals surface area contributed by atoms with Crippen LogP contribution >= 0.6 is 11.3 Å². The highest BCUT2D eigenvalue weighted by atomic mass is 32.1. The molecule has 3 aromatic rings. The first-order chi connectivity index (χ1) is 13.6. The number of fused-ring (bicyclic) bond motifs is 3. The van der Waals surface area contributed by atoms with E-state index in [0.717, 1.165) is 17.4 Å². The number of hydrogen-bond acceptors (Lipinski definition) is 5. The van der Waals surface area contributed by atoms with Gasteiger partial charge in [0.1, 0.15) is 27.3 Å². The molecule has 1 unspecified atom stereocenters. The molecule has 1 aliphatic heterocycles. The number of alkyl halides is 5. The zero-order chi connectivity index (χ0) is 20.9. The lowest BCUT2D eigenvalue weighted by Gasteiger charge is -2.27. The van der Waals surface area contributed by atoms with Gasteiger partial charge in [0.05, 0.1) is 5.69 Å². The number of carbonyl (C=O) groups excluding carboxylic acids is 1. The highest BCUT2D eigenvalue weighted by molar-refractivity contribution is 7.21. The second kappa shape index (κ2) is 6.83. The zero-order valence-corrected chi connectivity index (χ0v) is 15.4. The molecule has 0 bridgehead atoms. The molecule has 0 radical (unpaired) electrons. The van der Waals surface area contributed by atoms with E-state index in [1.54, 1.807) is 6.07 Å². The summed E-state index contributed by atoms with van der Waals surface area (Å²) in [5, 5.41) is 6.00. The van der Waals surface area contributed by atoms with Gasteiger partial charge in [0.25, 0.3) is 5.91 Å². The van der Waals surface area contributed by atoms with Gasteiger partial charge >= 0.3 is 12.8 Å². The monoisotopic (exact) mass is 429 g/mol. The topological polar surface area (TPSA) is 63.3 Å². The molecule has 0 saturated carbocycles. The van der Waals surface area contributed by atoms with Crippen LogP contribution in [0.2, 0.25) is 0 Å². The molecule has 1 aliphatic rings. The Morgan fingerprint density at radius 3 is 2.62 bits per heavy atom. The molecule has 2 aromatic heterocycles. The van der Waals surface area contributed by atoms with Crippen LogP contribution in [0, 0.1) is 6.92 Å². The summed E-state index contributed by atoms with van der Waals surface area (Å²) >= 11 is 0.827. The second-order valence-corrected chi connectivity index (χ2v) is 7.27. The number of aromatic nitrogens is 1. The number of thiophene rings is 1. The Morgan fingerprint density at radius 2 is 1.93 bits per heavy atom. The minimum Gasteiger partial charge on any atom is -0.434 e. The average Bonchev–Trinajstić information content (AvgIpc) is 3.00. The first-order valence-corrected chi connectivity index (χ1v) is 9.09. The molecule has 1 aromatic carbocycles. The van der Waals surface area contributed by atoms with Crippen LogP contribution < -0.4 is 15.4 Å². The van der Waals surface area contributed by atoms with Crippen molar-refractivity contribution in [3.63, 3.8) is 0 Å². The van der Waals surface area contributed by atoms with E-state index in [0.29, 0.717) is 11.1 Å². The molecule has 1 atom stereocenters. The molecule has 1 amide bonds. The Balaban J connectivity index is 1.80. The Labute approximate surface area is 164 Å². The lowest BCUT2D eigenvalue weighted by molar-refractivity contribution is -0.141. The number of nitrogens with one attached hydrogen (secondary N) is 2. The van der Waals surface area contributed by atoms with Gasteiger partial charge in [-0.15, -0.1) is 11.3 Å². The molecule has 0 fully saturated rings. The van der Waals surface area contributed by atoms with Crippen molar-refractivity contribution in [1.29, 1.82) is 0 Å². The SMILES string of the molecule is Cc1cc(C(F)(F)F)nc2sc3c(c12)NC(c1ccccc1OC(F)F)NC3=O.